The molecule has 0 saturated carbocycles. The Hall–Kier alpha value is -1.44. The van der Waals surface area contributed by atoms with Gasteiger partial charge in [0.05, 0.1) is 19.8 Å². The molecule has 1 rings (SSSR count). The van der Waals surface area contributed by atoms with Crippen molar-refractivity contribution in [3.8, 4) is 0 Å². The number of aromatic nitrogens is 1. The Bertz CT molecular complexity index is 417. The molecular formula is C10H16N2O5. The van der Waals surface area contributed by atoms with Crippen molar-refractivity contribution in [2.45, 2.75) is 6.92 Å². The van der Waals surface area contributed by atoms with Gasteiger partial charge in [-0.1, -0.05) is 0 Å². The van der Waals surface area contributed by atoms with E-state index in [1.807, 2.05) is 0 Å². The fourth-order valence-electron chi connectivity index (χ4n) is 1.43. The zero-order valence-electron chi connectivity index (χ0n) is 9.63. The van der Waals surface area contributed by atoms with Gasteiger partial charge in [0.2, 0.25) is 0 Å². The van der Waals surface area contributed by atoms with Gasteiger partial charge >= 0.3 is 0 Å². The van der Waals surface area contributed by atoms with Gasteiger partial charge < -0.3 is 14.7 Å². The number of nitrogens with zero attached hydrogens (tertiary/aromatic N) is 2. The van der Waals surface area contributed by atoms with Crippen molar-refractivity contribution >= 4 is 5.91 Å². The molecule has 1 aromatic rings. The molecule has 0 fully saturated rings. The third-order valence-electron chi connectivity index (χ3n) is 2.18. The Kier molecular flexibility index (Phi) is 5.08. The highest BCUT2D eigenvalue weighted by atomic mass is 16.5. The third kappa shape index (κ3) is 3.81. The van der Waals surface area contributed by atoms with Gasteiger partial charge in [-0.25, -0.2) is 0 Å². The minimum Gasteiger partial charge on any atom is -0.395 e. The van der Waals surface area contributed by atoms with Crippen LogP contribution in [0, 0.1) is 6.92 Å². The van der Waals surface area contributed by atoms with Crippen molar-refractivity contribution in [1.82, 2.24) is 9.64 Å². The molecule has 0 bridgehead atoms. The fraction of sp³-hybridized carbons (Fsp3) is 0.600. The minimum atomic E-state index is -0.523. The summed E-state index contributed by atoms with van der Waals surface area (Å²) >= 11 is 0. The second-order valence-corrected chi connectivity index (χ2v) is 3.60. The molecule has 17 heavy (non-hydrogen) atoms. The van der Waals surface area contributed by atoms with Crippen LogP contribution in [0.2, 0.25) is 0 Å². The normalized spacial score (nSPS) is 11.1. The lowest BCUT2D eigenvalue weighted by Crippen LogP contribution is -2.38. The first-order valence-corrected chi connectivity index (χ1v) is 5.25. The number of hydrogen-bond acceptors (Lipinski definition) is 6. The first kappa shape index (κ1) is 13.6. The molecule has 7 nitrogen and oxygen atoms in total. The van der Waals surface area contributed by atoms with E-state index >= 15 is 0 Å². The van der Waals surface area contributed by atoms with Crippen LogP contribution in [0.3, 0.4) is 0 Å². The maximum Gasteiger partial charge on any atom is 0.290 e. The van der Waals surface area contributed by atoms with E-state index in [9.17, 15) is 9.59 Å². The van der Waals surface area contributed by atoms with Gasteiger partial charge in [-0.2, -0.15) is 0 Å². The van der Waals surface area contributed by atoms with Crippen molar-refractivity contribution in [3.05, 3.63) is 22.2 Å². The number of aryl methyl sites for hydroxylation is 1. The highest BCUT2D eigenvalue weighted by Gasteiger charge is 2.15. The van der Waals surface area contributed by atoms with E-state index in [0.717, 1.165) is 0 Å². The first-order valence-electron chi connectivity index (χ1n) is 5.25. The quantitative estimate of drug-likeness (QED) is 0.644. The molecule has 0 spiro atoms. The molecule has 0 atom stereocenters. The van der Waals surface area contributed by atoms with E-state index in [-0.39, 0.29) is 32.8 Å². The minimum absolute atomic E-state index is 0.0893. The molecular weight excluding hydrogens is 228 g/mol. The lowest BCUT2D eigenvalue weighted by Gasteiger charge is -2.18. The molecule has 0 aliphatic heterocycles. The predicted octanol–water partition coefficient (Wildman–Crippen LogP) is -1.32. The van der Waals surface area contributed by atoms with E-state index in [0.29, 0.717) is 10.5 Å². The zero-order valence-corrected chi connectivity index (χ0v) is 9.63. The van der Waals surface area contributed by atoms with Crippen LogP contribution in [-0.4, -0.2) is 58.6 Å². The van der Waals surface area contributed by atoms with Gasteiger partial charge in [0.1, 0.15) is 5.76 Å². The Morgan fingerprint density at radius 3 is 2.41 bits per heavy atom. The summed E-state index contributed by atoms with van der Waals surface area (Å²) in [5.74, 6) is -0.163. The molecule has 0 aromatic carbocycles. The van der Waals surface area contributed by atoms with Crippen molar-refractivity contribution in [3.63, 3.8) is 0 Å². The topological polar surface area (TPSA) is 95.9 Å². The highest BCUT2D eigenvalue weighted by Crippen LogP contribution is 1.95. The Morgan fingerprint density at radius 1 is 1.41 bits per heavy atom. The SMILES string of the molecule is Cc1cc(=O)n(C(=O)CN(CCO)CCO)o1. The lowest BCUT2D eigenvalue weighted by atomic mass is 10.4. The van der Waals surface area contributed by atoms with E-state index < -0.39 is 11.5 Å². The summed E-state index contributed by atoms with van der Waals surface area (Å²) in [6.45, 7) is 1.73. The number of rotatable bonds is 6. The number of carbonyl (C=O) groups is 1. The molecule has 0 saturated heterocycles. The molecule has 1 aromatic heterocycles. The molecule has 7 heteroatoms. The summed E-state index contributed by atoms with van der Waals surface area (Å²) in [5, 5.41) is 17.6. The zero-order chi connectivity index (χ0) is 12.8. The second-order valence-electron chi connectivity index (χ2n) is 3.60. The van der Waals surface area contributed by atoms with Crippen LogP contribution in [0.4, 0.5) is 0 Å². The maximum atomic E-state index is 11.7. The van der Waals surface area contributed by atoms with E-state index in [4.69, 9.17) is 14.7 Å². The largest absolute Gasteiger partial charge is 0.395 e. The van der Waals surface area contributed by atoms with Gasteiger partial charge in [-0.15, -0.1) is 4.74 Å². The van der Waals surface area contributed by atoms with Crippen LogP contribution < -0.4 is 5.56 Å². The number of carbonyl (C=O) groups excluding carboxylic acids is 1. The van der Waals surface area contributed by atoms with Crippen molar-refractivity contribution in [2.24, 2.45) is 0 Å². The third-order valence-corrected chi connectivity index (χ3v) is 2.18. The standard InChI is InChI=1S/C10H16N2O5/c1-8-6-9(15)12(17-8)10(16)7-11(2-4-13)3-5-14/h6,13-14H,2-5,7H2,1H3. The monoisotopic (exact) mass is 244 g/mol. The summed E-state index contributed by atoms with van der Waals surface area (Å²) in [5.41, 5.74) is -0.513. The predicted molar refractivity (Wildman–Crippen MR) is 58.9 cm³/mol. The molecule has 0 aliphatic carbocycles. The average molecular weight is 244 g/mol. The van der Waals surface area contributed by atoms with E-state index in [1.54, 1.807) is 6.92 Å². The lowest BCUT2D eigenvalue weighted by molar-refractivity contribution is 0.0684. The Balaban J connectivity index is 2.70. The summed E-state index contributed by atoms with van der Waals surface area (Å²) in [6, 6.07) is 1.22. The molecule has 0 aliphatic rings. The maximum absolute atomic E-state index is 11.7. The molecule has 0 amide bonds. The van der Waals surface area contributed by atoms with Crippen LogP contribution in [0.15, 0.2) is 15.4 Å². The molecule has 2 N–H and O–H groups in total. The molecule has 96 valence electrons. The van der Waals surface area contributed by atoms with Gasteiger partial charge in [-0.3, -0.25) is 14.5 Å². The van der Waals surface area contributed by atoms with Gasteiger partial charge in [-0.05, 0) is 6.92 Å². The van der Waals surface area contributed by atoms with Crippen LogP contribution in [0.1, 0.15) is 10.6 Å². The van der Waals surface area contributed by atoms with Crippen LogP contribution >= 0.6 is 0 Å². The summed E-state index contributed by atoms with van der Waals surface area (Å²) in [4.78, 5) is 24.5. The highest BCUT2D eigenvalue weighted by molar-refractivity contribution is 5.79. The molecule has 0 unspecified atom stereocenters. The first-order chi connectivity index (χ1) is 8.08. The summed E-state index contributed by atoms with van der Waals surface area (Å²) < 4.78 is 5.61. The van der Waals surface area contributed by atoms with Crippen molar-refractivity contribution in [2.75, 3.05) is 32.8 Å². The molecule has 0 radical (unpaired) electrons. The second kappa shape index (κ2) is 6.33. The van der Waals surface area contributed by atoms with Crippen LogP contribution in [-0.2, 0) is 0 Å². The number of aliphatic hydroxyl groups excluding tert-OH is 2. The Labute approximate surface area is 97.8 Å². The summed E-state index contributed by atoms with van der Waals surface area (Å²) in [6.07, 6.45) is 0. The van der Waals surface area contributed by atoms with E-state index in [1.165, 1.54) is 11.0 Å². The number of aliphatic hydroxyl groups is 2. The molecule has 1 heterocycles. The summed E-state index contributed by atoms with van der Waals surface area (Å²) in [7, 11) is 0. The van der Waals surface area contributed by atoms with Gasteiger partial charge in [0.15, 0.2) is 0 Å². The Morgan fingerprint density at radius 2 is 2.00 bits per heavy atom. The fourth-order valence-corrected chi connectivity index (χ4v) is 1.43. The van der Waals surface area contributed by atoms with Crippen molar-refractivity contribution in [1.29, 1.82) is 0 Å². The van der Waals surface area contributed by atoms with Gasteiger partial charge in [0.25, 0.3) is 11.5 Å². The number of hydrogen-bond donors (Lipinski definition) is 2. The average Bonchev–Trinajstić information content (AvgIpc) is 2.58. The van der Waals surface area contributed by atoms with Crippen LogP contribution in [0.25, 0.3) is 0 Å². The van der Waals surface area contributed by atoms with E-state index in [2.05, 4.69) is 0 Å². The van der Waals surface area contributed by atoms with Gasteiger partial charge in [0, 0.05) is 19.2 Å². The van der Waals surface area contributed by atoms with Crippen LogP contribution in [0.5, 0.6) is 0 Å². The smallest absolute Gasteiger partial charge is 0.290 e. The van der Waals surface area contributed by atoms with Crippen molar-refractivity contribution < 1.29 is 19.5 Å².